The van der Waals surface area contributed by atoms with E-state index in [1.165, 1.54) is 0 Å². The minimum Gasteiger partial charge on any atom is -0.481 e. The van der Waals surface area contributed by atoms with Crippen molar-refractivity contribution in [2.75, 3.05) is 5.32 Å². The molecule has 2 N–H and O–H groups in total. The van der Waals surface area contributed by atoms with Gasteiger partial charge in [0.1, 0.15) is 11.4 Å². The second-order valence-electron chi connectivity index (χ2n) is 6.16. The first-order chi connectivity index (χ1) is 12.1. The number of amides is 1. The molecule has 1 aromatic carbocycles. The summed E-state index contributed by atoms with van der Waals surface area (Å²) < 4.78 is 5.74. The zero-order chi connectivity index (χ0) is 17.6. The summed E-state index contributed by atoms with van der Waals surface area (Å²) in [5, 5.41) is 12.0. The van der Waals surface area contributed by atoms with Crippen LogP contribution < -0.4 is 10.1 Å². The van der Waals surface area contributed by atoms with E-state index >= 15 is 0 Å². The molecule has 0 radical (unpaired) electrons. The van der Waals surface area contributed by atoms with Crippen molar-refractivity contribution in [2.24, 2.45) is 11.8 Å². The lowest BCUT2D eigenvalue weighted by molar-refractivity contribution is -0.143. The summed E-state index contributed by atoms with van der Waals surface area (Å²) in [5.41, 5.74) is 0.480. The monoisotopic (exact) mass is 340 g/mol. The highest BCUT2D eigenvalue weighted by Crippen LogP contribution is 2.32. The van der Waals surface area contributed by atoms with Crippen molar-refractivity contribution in [1.82, 2.24) is 4.98 Å². The van der Waals surface area contributed by atoms with Crippen LogP contribution in [0.25, 0.3) is 0 Å². The third-order valence-electron chi connectivity index (χ3n) is 4.38. The highest BCUT2D eigenvalue weighted by Gasteiger charge is 2.31. The van der Waals surface area contributed by atoms with E-state index in [1.807, 2.05) is 18.2 Å². The zero-order valence-electron chi connectivity index (χ0n) is 13.7. The Kier molecular flexibility index (Phi) is 5.28. The van der Waals surface area contributed by atoms with Gasteiger partial charge in [-0.3, -0.25) is 9.59 Å². The highest BCUT2D eigenvalue weighted by molar-refractivity contribution is 5.94. The molecule has 0 spiro atoms. The molecule has 25 heavy (non-hydrogen) atoms. The number of ether oxygens (including phenoxy) is 1. The van der Waals surface area contributed by atoms with Gasteiger partial charge < -0.3 is 15.2 Å². The topological polar surface area (TPSA) is 88.5 Å². The highest BCUT2D eigenvalue weighted by atomic mass is 16.5. The normalized spacial score (nSPS) is 19.8. The van der Waals surface area contributed by atoms with Crippen LogP contribution in [0.2, 0.25) is 0 Å². The van der Waals surface area contributed by atoms with Crippen LogP contribution in [0, 0.1) is 11.8 Å². The van der Waals surface area contributed by atoms with E-state index in [9.17, 15) is 14.7 Å². The van der Waals surface area contributed by atoms with Gasteiger partial charge in [-0.2, -0.15) is 0 Å². The summed E-state index contributed by atoms with van der Waals surface area (Å²) >= 11 is 0. The Morgan fingerprint density at radius 1 is 1.08 bits per heavy atom. The average Bonchev–Trinajstić information content (AvgIpc) is 2.64. The third kappa shape index (κ3) is 4.35. The predicted molar refractivity (Wildman–Crippen MR) is 92.5 cm³/mol. The van der Waals surface area contributed by atoms with Gasteiger partial charge in [0.2, 0.25) is 11.8 Å². The van der Waals surface area contributed by atoms with E-state index in [0.717, 1.165) is 6.42 Å². The second-order valence-corrected chi connectivity index (χ2v) is 6.16. The van der Waals surface area contributed by atoms with Crippen LogP contribution in [0.4, 0.5) is 5.69 Å². The molecule has 1 fully saturated rings. The van der Waals surface area contributed by atoms with E-state index < -0.39 is 11.9 Å². The van der Waals surface area contributed by atoms with Crippen molar-refractivity contribution in [3.63, 3.8) is 0 Å². The number of para-hydroxylation sites is 1. The number of hydrogen-bond donors (Lipinski definition) is 2. The molecule has 2 aromatic rings. The summed E-state index contributed by atoms with van der Waals surface area (Å²) in [4.78, 5) is 27.9. The molecule has 1 aliphatic carbocycles. The minimum absolute atomic E-state index is 0.183. The van der Waals surface area contributed by atoms with Crippen LogP contribution in [0.3, 0.4) is 0 Å². The molecular weight excluding hydrogens is 320 g/mol. The van der Waals surface area contributed by atoms with Crippen molar-refractivity contribution in [3.8, 4) is 11.6 Å². The Hall–Kier alpha value is -2.89. The number of aliphatic carboxylic acids is 1. The summed E-state index contributed by atoms with van der Waals surface area (Å²) in [6.45, 7) is 0. The van der Waals surface area contributed by atoms with E-state index in [4.69, 9.17) is 4.74 Å². The number of pyridine rings is 1. The van der Waals surface area contributed by atoms with Crippen molar-refractivity contribution >= 4 is 17.6 Å². The first kappa shape index (κ1) is 17.0. The molecule has 1 saturated carbocycles. The summed E-state index contributed by atoms with van der Waals surface area (Å²) in [6.07, 6.45) is 4.04. The van der Waals surface area contributed by atoms with Crippen molar-refractivity contribution in [2.45, 2.75) is 25.7 Å². The molecular formula is C19H20N2O4. The first-order valence-corrected chi connectivity index (χ1v) is 8.35. The van der Waals surface area contributed by atoms with Gasteiger partial charge in [-0.25, -0.2) is 4.98 Å². The average molecular weight is 340 g/mol. The molecule has 0 saturated heterocycles. The van der Waals surface area contributed by atoms with Gasteiger partial charge in [0.05, 0.1) is 5.92 Å². The van der Waals surface area contributed by atoms with Crippen LogP contribution in [0.1, 0.15) is 25.7 Å². The van der Waals surface area contributed by atoms with Crippen LogP contribution in [0.5, 0.6) is 11.6 Å². The molecule has 6 heteroatoms. The van der Waals surface area contributed by atoms with Gasteiger partial charge in [-0.05, 0) is 43.5 Å². The first-order valence-electron chi connectivity index (χ1n) is 8.35. The lowest BCUT2D eigenvalue weighted by Crippen LogP contribution is -2.31. The van der Waals surface area contributed by atoms with Crippen molar-refractivity contribution < 1.29 is 19.4 Å². The number of anilines is 1. The number of carbonyl (C=O) groups is 2. The Labute approximate surface area is 145 Å². The Bertz CT molecular complexity index is 748. The molecule has 0 aliphatic heterocycles. The fourth-order valence-corrected chi connectivity index (χ4v) is 3.05. The molecule has 2 atom stereocenters. The van der Waals surface area contributed by atoms with E-state index in [1.54, 1.807) is 30.5 Å². The van der Waals surface area contributed by atoms with E-state index in [0.29, 0.717) is 36.6 Å². The van der Waals surface area contributed by atoms with Crippen molar-refractivity contribution in [3.05, 3.63) is 48.7 Å². The molecule has 3 rings (SSSR count). The smallest absolute Gasteiger partial charge is 0.306 e. The molecule has 0 unspecified atom stereocenters. The van der Waals surface area contributed by atoms with Crippen LogP contribution in [0.15, 0.2) is 48.7 Å². The van der Waals surface area contributed by atoms with Crippen molar-refractivity contribution in [1.29, 1.82) is 0 Å². The number of carboxylic acids is 1. The molecule has 6 nitrogen and oxygen atoms in total. The number of carboxylic acid groups (broad SMARTS) is 1. The quantitative estimate of drug-likeness (QED) is 0.866. The van der Waals surface area contributed by atoms with Gasteiger partial charge >= 0.3 is 5.97 Å². The Morgan fingerprint density at radius 2 is 1.84 bits per heavy atom. The third-order valence-corrected chi connectivity index (χ3v) is 4.38. The predicted octanol–water partition coefficient (Wildman–Crippen LogP) is 3.70. The minimum atomic E-state index is -0.827. The molecule has 1 amide bonds. The number of hydrogen-bond acceptors (Lipinski definition) is 4. The lowest BCUT2D eigenvalue weighted by Gasteiger charge is -2.25. The second kappa shape index (κ2) is 7.79. The van der Waals surface area contributed by atoms with Gasteiger partial charge in [0, 0.05) is 12.1 Å². The molecule has 1 heterocycles. The molecule has 130 valence electrons. The summed E-state index contributed by atoms with van der Waals surface area (Å²) in [5.74, 6) is -0.824. The lowest BCUT2D eigenvalue weighted by atomic mass is 9.81. The molecule has 0 bridgehead atoms. The zero-order valence-corrected chi connectivity index (χ0v) is 13.7. The standard InChI is InChI=1S/C19H20N2O4/c22-17(13-6-4-7-14(12-13)19(23)24)21-16-10-5-11-20-18(16)25-15-8-2-1-3-9-15/h1-3,5,8-11,13-14H,4,6-7,12H2,(H,21,22)(H,23,24)/t13-,14+/m1/s1. The summed E-state index contributed by atoms with van der Waals surface area (Å²) in [6, 6.07) is 12.6. The number of nitrogens with zero attached hydrogens (tertiary/aromatic N) is 1. The fraction of sp³-hybridized carbons (Fsp3) is 0.316. The van der Waals surface area contributed by atoms with E-state index in [2.05, 4.69) is 10.3 Å². The number of carbonyl (C=O) groups excluding carboxylic acids is 1. The summed E-state index contributed by atoms with van der Waals surface area (Å²) in [7, 11) is 0. The van der Waals surface area contributed by atoms with Crippen LogP contribution in [-0.4, -0.2) is 22.0 Å². The maximum Gasteiger partial charge on any atom is 0.306 e. The van der Waals surface area contributed by atoms with Gasteiger partial charge in [-0.15, -0.1) is 0 Å². The Morgan fingerprint density at radius 3 is 2.60 bits per heavy atom. The van der Waals surface area contributed by atoms with Gasteiger partial charge in [0.25, 0.3) is 0 Å². The van der Waals surface area contributed by atoms with Gasteiger partial charge in [0.15, 0.2) is 0 Å². The number of benzene rings is 1. The molecule has 1 aromatic heterocycles. The Balaban J connectivity index is 1.70. The van der Waals surface area contributed by atoms with E-state index in [-0.39, 0.29) is 11.8 Å². The fourth-order valence-electron chi connectivity index (χ4n) is 3.05. The largest absolute Gasteiger partial charge is 0.481 e. The molecule has 1 aliphatic rings. The SMILES string of the molecule is O=C(O)[C@H]1CCC[C@@H](C(=O)Nc2cccnc2Oc2ccccc2)C1. The maximum atomic E-state index is 12.6. The number of nitrogens with one attached hydrogen (secondary N) is 1. The van der Waals surface area contributed by atoms with Gasteiger partial charge in [-0.1, -0.05) is 24.6 Å². The number of rotatable bonds is 5. The van der Waals surface area contributed by atoms with Crippen LogP contribution >= 0.6 is 0 Å². The van der Waals surface area contributed by atoms with Crippen LogP contribution in [-0.2, 0) is 9.59 Å². The maximum absolute atomic E-state index is 12.6. The number of aromatic nitrogens is 1.